The minimum absolute atomic E-state index is 0.188. The van der Waals surface area contributed by atoms with E-state index in [1.165, 1.54) is 0 Å². The Morgan fingerprint density at radius 1 is 1.56 bits per heavy atom. The van der Waals surface area contributed by atoms with Gasteiger partial charge in [0.25, 0.3) is 0 Å². The van der Waals surface area contributed by atoms with Gasteiger partial charge < -0.3 is 14.8 Å². The van der Waals surface area contributed by atoms with E-state index in [-0.39, 0.29) is 18.6 Å². The van der Waals surface area contributed by atoms with E-state index >= 15 is 0 Å². The summed E-state index contributed by atoms with van der Waals surface area (Å²) in [6.07, 6.45) is 1.02. The van der Waals surface area contributed by atoms with Crippen molar-refractivity contribution < 1.29 is 14.3 Å². The van der Waals surface area contributed by atoms with Crippen LogP contribution in [0.25, 0.3) is 0 Å². The summed E-state index contributed by atoms with van der Waals surface area (Å²) in [6, 6.07) is 3.14. The number of nitrogens with zero attached hydrogens (tertiary/aromatic N) is 1. The maximum Gasteiger partial charge on any atom is 0.320 e. The van der Waals surface area contributed by atoms with Gasteiger partial charge in [0.2, 0.25) is 0 Å². The van der Waals surface area contributed by atoms with Crippen molar-refractivity contribution in [2.24, 2.45) is 0 Å². The van der Waals surface area contributed by atoms with Gasteiger partial charge in [-0.3, -0.25) is 5.32 Å². The third-order valence-corrected chi connectivity index (χ3v) is 2.50. The highest BCUT2D eigenvalue weighted by Crippen LogP contribution is 2.31. The van der Waals surface area contributed by atoms with Crippen molar-refractivity contribution in [1.29, 1.82) is 0 Å². The van der Waals surface area contributed by atoms with E-state index in [0.717, 1.165) is 5.56 Å². The molecule has 18 heavy (non-hydrogen) atoms. The number of alkyl halides is 1. The predicted molar refractivity (Wildman–Crippen MR) is 66.4 cm³/mol. The molecule has 0 atom stereocenters. The smallest absolute Gasteiger partial charge is 0.320 e. The lowest BCUT2D eigenvalue weighted by atomic mass is 10.2. The van der Waals surface area contributed by atoms with Crippen LogP contribution < -0.4 is 10.6 Å². The topological polar surface area (TPSA) is 72.5 Å². The number of halogens is 1. The van der Waals surface area contributed by atoms with Gasteiger partial charge in [-0.1, -0.05) is 0 Å². The third kappa shape index (κ3) is 3.32. The van der Waals surface area contributed by atoms with Crippen molar-refractivity contribution in [3.8, 4) is 0 Å². The summed E-state index contributed by atoms with van der Waals surface area (Å²) in [5.41, 5.74) is 0.816. The van der Waals surface area contributed by atoms with Crippen molar-refractivity contribution in [1.82, 2.24) is 10.3 Å². The van der Waals surface area contributed by atoms with Gasteiger partial charge in [0.15, 0.2) is 12.6 Å². The van der Waals surface area contributed by atoms with E-state index in [0.29, 0.717) is 18.2 Å². The second-order valence-electron chi connectivity index (χ2n) is 3.72. The number of amides is 2. The highest BCUT2D eigenvalue weighted by Gasteiger charge is 2.28. The molecule has 1 aliphatic heterocycles. The van der Waals surface area contributed by atoms with Crippen LogP contribution in [0.1, 0.15) is 18.8 Å². The molecule has 0 radical (unpaired) electrons. The molecule has 2 N–H and O–H groups in total. The fourth-order valence-electron chi connectivity index (χ4n) is 1.50. The number of carbonyl (C=O) groups is 1. The van der Waals surface area contributed by atoms with Crippen LogP contribution in [0.4, 0.5) is 10.6 Å². The van der Waals surface area contributed by atoms with Crippen LogP contribution >= 0.6 is 11.6 Å². The van der Waals surface area contributed by atoms with Gasteiger partial charge in [0.05, 0.1) is 0 Å². The molecular formula is C11H14ClN3O3. The third-order valence-electron chi connectivity index (χ3n) is 2.31. The summed E-state index contributed by atoms with van der Waals surface area (Å²) in [6.45, 7) is 2.22. The zero-order valence-electron chi connectivity index (χ0n) is 9.85. The highest BCUT2D eigenvalue weighted by molar-refractivity contribution is 6.18. The number of hydrogen-bond donors (Lipinski definition) is 2. The molecule has 0 aliphatic carbocycles. The molecule has 2 heterocycles. The molecular weight excluding hydrogens is 258 g/mol. The van der Waals surface area contributed by atoms with Crippen LogP contribution in [0.5, 0.6) is 0 Å². The Labute approximate surface area is 110 Å². The number of aromatic nitrogens is 1. The standard InChI is InChI=1S/C11H14ClN3O3/c1-7-17-10(18-7)8-2-4-13-9(6-8)15-11(16)14-5-3-12/h2,4,6-7,10H,3,5H2,1H3,(H2,13,14,15,16). The summed E-state index contributed by atoms with van der Waals surface area (Å²) < 4.78 is 10.7. The SMILES string of the molecule is CC1OC(c2ccnc(NC(=O)NCCCl)c2)O1. The van der Waals surface area contributed by atoms with Crippen molar-refractivity contribution >= 4 is 23.4 Å². The molecule has 2 rings (SSSR count). The van der Waals surface area contributed by atoms with Crippen molar-refractivity contribution in [2.45, 2.75) is 19.5 Å². The number of pyridine rings is 1. The fraction of sp³-hybridized carbons (Fsp3) is 0.455. The van der Waals surface area contributed by atoms with Crippen molar-refractivity contribution in [2.75, 3.05) is 17.7 Å². The molecule has 1 aliphatic rings. The van der Waals surface area contributed by atoms with Crippen LogP contribution in [-0.2, 0) is 9.47 Å². The lowest BCUT2D eigenvalue weighted by Crippen LogP contribution is -2.32. The van der Waals surface area contributed by atoms with Crippen LogP contribution in [0.3, 0.4) is 0 Å². The van der Waals surface area contributed by atoms with Gasteiger partial charge in [0.1, 0.15) is 5.82 Å². The molecule has 1 aromatic heterocycles. The Morgan fingerprint density at radius 3 is 3.00 bits per heavy atom. The largest absolute Gasteiger partial charge is 0.337 e. The molecule has 1 fully saturated rings. The molecule has 6 nitrogen and oxygen atoms in total. The fourth-order valence-corrected chi connectivity index (χ4v) is 1.59. The number of rotatable bonds is 4. The van der Waals surface area contributed by atoms with E-state index in [9.17, 15) is 4.79 Å². The average molecular weight is 272 g/mol. The van der Waals surface area contributed by atoms with Gasteiger partial charge >= 0.3 is 6.03 Å². The number of carbonyl (C=O) groups excluding carboxylic acids is 1. The Hall–Kier alpha value is -1.37. The lowest BCUT2D eigenvalue weighted by molar-refractivity contribution is -0.382. The first kappa shape index (κ1) is 13.1. The van der Waals surface area contributed by atoms with Crippen LogP contribution in [0.15, 0.2) is 18.3 Å². The van der Waals surface area contributed by atoms with Gasteiger partial charge in [-0.05, 0) is 19.1 Å². The molecule has 1 aromatic rings. The first-order chi connectivity index (χ1) is 8.69. The Kier molecular flexibility index (Phi) is 4.35. The molecule has 2 amide bonds. The van der Waals surface area contributed by atoms with Crippen molar-refractivity contribution in [3.63, 3.8) is 0 Å². The summed E-state index contributed by atoms with van der Waals surface area (Å²) in [5.74, 6) is 0.800. The molecule has 7 heteroatoms. The first-order valence-corrected chi connectivity index (χ1v) is 6.10. The highest BCUT2D eigenvalue weighted by atomic mass is 35.5. The Bertz CT molecular complexity index is 424. The summed E-state index contributed by atoms with van der Waals surface area (Å²) in [4.78, 5) is 15.4. The van der Waals surface area contributed by atoms with Gasteiger partial charge in [-0.15, -0.1) is 11.6 Å². The first-order valence-electron chi connectivity index (χ1n) is 5.56. The summed E-state index contributed by atoms with van der Waals surface area (Å²) >= 11 is 5.46. The number of hydrogen-bond acceptors (Lipinski definition) is 4. The minimum Gasteiger partial charge on any atom is -0.337 e. The van der Waals surface area contributed by atoms with Crippen LogP contribution in [0, 0.1) is 0 Å². The van der Waals surface area contributed by atoms with E-state index in [1.807, 2.05) is 6.92 Å². The van der Waals surface area contributed by atoms with E-state index in [1.54, 1.807) is 18.3 Å². The summed E-state index contributed by atoms with van der Waals surface area (Å²) in [5, 5.41) is 5.18. The average Bonchev–Trinajstić information content (AvgIpc) is 2.33. The van der Waals surface area contributed by atoms with Crippen LogP contribution in [0.2, 0.25) is 0 Å². The number of anilines is 1. The lowest BCUT2D eigenvalue weighted by Gasteiger charge is -2.33. The monoisotopic (exact) mass is 271 g/mol. The molecule has 98 valence electrons. The quantitative estimate of drug-likeness (QED) is 0.820. The Morgan fingerprint density at radius 2 is 2.33 bits per heavy atom. The number of ether oxygens (including phenoxy) is 2. The molecule has 1 saturated heterocycles. The van der Waals surface area contributed by atoms with Gasteiger partial charge in [-0.25, -0.2) is 9.78 Å². The number of urea groups is 1. The maximum absolute atomic E-state index is 11.4. The van der Waals surface area contributed by atoms with E-state index in [2.05, 4.69) is 15.6 Å². The van der Waals surface area contributed by atoms with Gasteiger partial charge in [-0.2, -0.15) is 0 Å². The van der Waals surface area contributed by atoms with E-state index < -0.39 is 0 Å². The predicted octanol–water partition coefficient (Wildman–Crippen LogP) is 1.83. The molecule has 0 aromatic carbocycles. The minimum atomic E-state index is -0.380. The zero-order chi connectivity index (χ0) is 13.0. The second kappa shape index (κ2) is 5.99. The van der Waals surface area contributed by atoms with Crippen molar-refractivity contribution in [3.05, 3.63) is 23.9 Å². The zero-order valence-corrected chi connectivity index (χ0v) is 10.6. The normalized spacial score (nSPS) is 22.1. The van der Waals surface area contributed by atoms with Crippen LogP contribution in [-0.4, -0.2) is 29.7 Å². The maximum atomic E-state index is 11.4. The molecule has 0 bridgehead atoms. The number of nitrogens with one attached hydrogen (secondary N) is 2. The molecule has 0 saturated carbocycles. The summed E-state index contributed by atoms with van der Waals surface area (Å²) in [7, 11) is 0. The Balaban J connectivity index is 1.93. The van der Waals surface area contributed by atoms with E-state index in [4.69, 9.17) is 21.1 Å². The second-order valence-corrected chi connectivity index (χ2v) is 4.09. The molecule has 0 unspecified atom stereocenters. The van der Waals surface area contributed by atoms with Gasteiger partial charge in [0, 0.05) is 24.2 Å². The molecule has 0 spiro atoms.